The van der Waals surface area contributed by atoms with Crippen LogP contribution in [0.5, 0.6) is 0 Å². The Kier molecular flexibility index (Phi) is 3.87. The lowest BCUT2D eigenvalue weighted by molar-refractivity contribution is 0.305. The summed E-state index contributed by atoms with van der Waals surface area (Å²) in [5.74, 6) is 0.631. The van der Waals surface area contributed by atoms with Crippen molar-refractivity contribution in [2.45, 2.75) is 6.42 Å². The molecule has 0 N–H and O–H groups in total. The highest BCUT2D eigenvalue weighted by molar-refractivity contribution is 7.91. The minimum Gasteiger partial charge on any atom is -0.301 e. The van der Waals surface area contributed by atoms with E-state index in [0.717, 1.165) is 13.0 Å². The molecule has 0 aromatic heterocycles. The van der Waals surface area contributed by atoms with Gasteiger partial charge >= 0.3 is 0 Å². The summed E-state index contributed by atoms with van der Waals surface area (Å²) in [5, 5.41) is 0. The van der Waals surface area contributed by atoms with Crippen molar-refractivity contribution < 1.29 is 8.42 Å². The molecule has 0 spiro atoms. The van der Waals surface area contributed by atoms with Crippen LogP contribution in [-0.4, -0.2) is 57.7 Å². The molecule has 4 nitrogen and oxygen atoms in total. The lowest BCUT2D eigenvalue weighted by Gasteiger charge is -2.25. The molecule has 13 heavy (non-hydrogen) atoms. The molecule has 1 heterocycles. The third-order valence-corrected chi connectivity index (χ3v) is 3.80. The summed E-state index contributed by atoms with van der Waals surface area (Å²) in [4.78, 5) is 6.05. The molecule has 1 fully saturated rings. The smallest absolute Gasteiger partial charge is 0.152 e. The van der Waals surface area contributed by atoms with Crippen molar-refractivity contribution in [1.82, 2.24) is 4.90 Å². The molecule has 0 amide bonds. The molecule has 1 rings (SSSR count). The summed E-state index contributed by atoms with van der Waals surface area (Å²) >= 11 is 0. The topological polar surface area (TPSA) is 49.7 Å². The Labute approximate surface area is 79.6 Å². The van der Waals surface area contributed by atoms with Crippen LogP contribution < -0.4 is 0 Å². The van der Waals surface area contributed by atoms with Crippen LogP contribution >= 0.6 is 0 Å². The number of aliphatic imine (C=N–C) groups is 1. The summed E-state index contributed by atoms with van der Waals surface area (Å²) in [6.07, 6.45) is 2.78. The van der Waals surface area contributed by atoms with Crippen LogP contribution in [0.1, 0.15) is 6.42 Å². The highest BCUT2D eigenvalue weighted by Gasteiger charge is 2.20. The fraction of sp³-hybridized carbons (Fsp3) is 0.875. The minimum absolute atomic E-state index is 0.316. The highest BCUT2D eigenvalue weighted by Crippen LogP contribution is 2.03. The summed E-state index contributed by atoms with van der Waals surface area (Å²) < 4.78 is 22.1. The van der Waals surface area contributed by atoms with Gasteiger partial charge in [0.05, 0.1) is 11.5 Å². The van der Waals surface area contributed by atoms with Crippen LogP contribution in [0.15, 0.2) is 4.99 Å². The van der Waals surface area contributed by atoms with Crippen molar-refractivity contribution in [3.63, 3.8) is 0 Å². The van der Waals surface area contributed by atoms with Crippen LogP contribution in [0.25, 0.3) is 0 Å². The maximum absolute atomic E-state index is 11.1. The van der Waals surface area contributed by atoms with Gasteiger partial charge in [-0.3, -0.25) is 0 Å². The number of rotatable bonds is 3. The van der Waals surface area contributed by atoms with Gasteiger partial charge in [0.1, 0.15) is 0 Å². The number of sulfone groups is 1. The molecule has 1 saturated heterocycles. The van der Waals surface area contributed by atoms with Crippen molar-refractivity contribution in [3.8, 4) is 0 Å². The van der Waals surface area contributed by atoms with E-state index in [9.17, 15) is 8.42 Å². The summed E-state index contributed by atoms with van der Waals surface area (Å²) in [7, 11) is -0.971. The molecule has 1 aliphatic heterocycles. The largest absolute Gasteiger partial charge is 0.301 e. The summed E-state index contributed by atoms with van der Waals surface area (Å²) in [5.41, 5.74) is 0. The van der Waals surface area contributed by atoms with Crippen LogP contribution in [-0.2, 0) is 9.84 Å². The molecule has 0 radical (unpaired) electrons. The van der Waals surface area contributed by atoms with E-state index in [2.05, 4.69) is 9.89 Å². The molecule has 0 atom stereocenters. The maximum Gasteiger partial charge on any atom is 0.152 e. The van der Waals surface area contributed by atoms with E-state index in [1.807, 2.05) is 6.21 Å². The van der Waals surface area contributed by atoms with Gasteiger partial charge in [0, 0.05) is 26.7 Å². The third kappa shape index (κ3) is 3.87. The zero-order chi connectivity index (χ0) is 9.73. The predicted octanol–water partition coefficient (Wildman–Crippen LogP) is -0.192. The van der Waals surface area contributed by atoms with Crippen molar-refractivity contribution in [1.29, 1.82) is 0 Å². The van der Waals surface area contributed by atoms with Crippen LogP contribution in [0.2, 0.25) is 0 Å². The Morgan fingerprint density at radius 2 is 2.00 bits per heavy atom. The molecule has 0 saturated carbocycles. The quantitative estimate of drug-likeness (QED) is 0.599. The molecular weight excluding hydrogens is 188 g/mol. The first-order valence-electron chi connectivity index (χ1n) is 4.47. The van der Waals surface area contributed by atoms with Crippen LogP contribution in [0.4, 0.5) is 0 Å². The Morgan fingerprint density at radius 3 is 2.54 bits per heavy atom. The first kappa shape index (κ1) is 10.7. The number of hydrogen-bond acceptors (Lipinski definition) is 4. The molecule has 0 aromatic carbocycles. The molecule has 76 valence electrons. The van der Waals surface area contributed by atoms with Gasteiger partial charge in [-0.25, -0.2) is 8.42 Å². The Balaban J connectivity index is 2.25. The fourth-order valence-electron chi connectivity index (χ4n) is 1.34. The molecule has 0 aliphatic carbocycles. The minimum atomic E-state index is -2.72. The second-order valence-corrected chi connectivity index (χ2v) is 5.53. The van der Waals surface area contributed by atoms with Gasteiger partial charge in [-0.1, -0.05) is 0 Å². The Morgan fingerprint density at radius 1 is 1.38 bits per heavy atom. The van der Waals surface area contributed by atoms with Crippen LogP contribution in [0.3, 0.4) is 0 Å². The fourth-order valence-corrected chi connectivity index (χ4v) is 2.62. The van der Waals surface area contributed by atoms with Crippen molar-refractivity contribution in [2.24, 2.45) is 4.99 Å². The van der Waals surface area contributed by atoms with Gasteiger partial charge in [0.15, 0.2) is 9.84 Å². The third-order valence-electron chi connectivity index (χ3n) is 2.19. The highest BCUT2D eigenvalue weighted by atomic mass is 32.2. The van der Waals surface area contributed by atoms with Gasteiger partial charge < -0.3 is 9.89 Å². The summed E-state index contributed by atoms with van der Waals surface area (Å²) in [6.45, 7) is 2.28. The van der Waals surface area contributed by atoms with Gasteiger partial charge in [0.2, 0.25) is 0 Å². The van der Waals surface area contributed by atoms with Crippen molar-refractivity contribution in [3.05, 3.63) is 0 Å². The second-order valence-electron chi connectivity index (χ2n) is 3.22. The monoisotopic (exact) mass is 204 g/mol. The summed E-state index contributed by atoms with van der Waals surface area (Å²) in [6, 6.07) is 0. The molecule has 5 heteroatoms. The lowest BCUT2D eigenvalue weighted by atomic mass is 10.4. The molecule has 1 aliphatic rings. The second kappa shape index (κ2) is 4.72. The van der Waals surface area contributed by atoms with Gasteiger partial charge in [0.25, 0.3) is 0 Å². The van der Waals surface area contributed by atoms with Crippen molar-refractivity contribution >= 4 is 16.1 Å². The number of hydrogen-bond donors (Lipinski definition) is 0. The lowest BCUT2D eigenvalue weighted by Crippen LogP contribution is -2.40. The van der Waals surface area contributed by atoms with Gasteiger partial charge in [-0.2, -0.15) is 0 Å². The molecule has 0 bridgehead atoms. The predicted molar refractivity (Wildman–Crippen MR) is 54.1 cm³/mol. The van der Waals surface area contributed by atoms with Gasteiger partial charge in [-0.05, 0) is 12.6 Å². The first-order chi connectivity index (χ1) is 6.14. The van der Waals surface area contributed by atoms with Crippen molar-refractivity contribution in [2.75, 3.05) is 38.2 Å². The molecular formula is C8H16N2O2S. The van der Waals surface area contributed by atoms with Crippen LogP contribution in [0, 0.1) is 0 Å². The Hall–Kier alpha value is -0.420. The van der Waals surface area contributed by atoms with E-state index >= 15 is 0 Å². The average molecular weight is 204 g/mol. The molecule has 0 unspecified atom stereocenters. The van der Waals surface area contributed by atoms with E-state index in [1.165, 1.54) is 0 Å². The average Bonchev–Trinajstić information content (AvgIpc) is 2.08. The maximum atomic E-state index is 11.1. The number of nitrogens with zero attached hydrogens (tertiary/aromatic N) is 2. The van der Waals surface area contributed by atoms with E-state index in [1.54, 1.807) is 7.05 Å². The van der Waals surface area contributed by atoms with E-state index in [4.69, 9.17) is 0 Å². The zero-order valence-electron chi connectivity index (χ0n) is 7.94. The Bertz CT molecular complexity index is 258. The molecule has 0 aromatic rings. The van der Waals surface area contributed by atoms with E-state index in [-0.39, 0.29) is 0 Å². The zero-order valence-corrected chi connectivity index (χ0v) is 8.76. The van der Waals surface area contributed by atoms with Gasteiger partial charge in [-0.15, -0.1) is 0 Å². The van der Waals surface area contributed by atoms with E-state index in [0.29, 0.717) is 24.6 Å². The standard InChI is InChI=1S/C8H16N2O2S/c1-9-3-2-4-10-5-7-13(11,12)8-6-10/h3H,2,4-8H2,1H3. The van der Waals surface area contributed by atoms with E-state index < -0.39 is 9.84 Å². The normalized spacial score (nSPS) is 23.8. The first-order valence-corrected chi connectivity index (χ1v) is 6.29. The SMILES string of the molecule is CN=CCCN1CCS(=O)(=O)CC1.